The molecule has 0 heterocycles. The number of hydrogen-bond acceptors (Lipinski definition) is 3. The Bertz CT molecular complexity index is 167. The summed E-state index contributed by atoms with van der Waals surface area (Å²) in [6.07, 6.45) is 7.35. The zero-order valence-electron chi connectivity index (χ0n) is 10.3. The number of methoxy groups -OCH3 is 1. The standard InChI is InChI=1S/C12H26N2O/c1-14(9-5-11-15-2)10-8-12(13)6-3-4-7-12/h3-11,13H2,1-2H3. The van der Waals surface area contributed by atoms with Crippen LogP contribution in [0.4, 0.5) is 0 Å². The van der Waals surface area contributed by atoms with Crippen molar-refractivity contribution in [1.29, 1.82) is 0 Å². The number of ether oxygens (including phenoxy) is 1. The van der Waals surface area contributed by atoms with E-state index in [-0.39, 0.29) is 5.54 Å². The second-order valence-corrected chi connectivity index (χ2v) is 4.97. The first-order valence-electron chi connectivity index (χ1n) is 6.13. The summed E-state index contributed by atoms with van der Waals surface area (Å²) in [7, 11) is 3.93. The quantitative estimate of drug-likeness (QED) is 0.654. The van der Waals surface area contributed by atoms with Gasteiger partial charge in [0, 0.05) is 25.8 Å². The highest BCUT2D eigenvalue weighted by Crippen LogP contribution is 2.29. The van der Waals surface area contributed by atoms with Gasteiger partial charge in [0.25, 0.3) is 0 Å². The lowest BCUT2D eigenvalue weighted by Gasteiger charge is -2.26. The molecule has 2 N–H and O–H groups in total. The van der Waals surface area contributed by atoms with Gasteiger partial charge in [-0.2, -0.15) is 0 Å². The molecule has 1 aliphatic carbocycles. The van der Waals surface area contributed by atoms with Crippen LogP contribution in [-0.2, 0) is 4.74 Å². The molecule has 15 heavy (non-hydrogen) atoms. The molecule has 0 unspecified atom stereocenters. The van der Waals surface area contributed by atoms with E-state index in [0.717, 1.165) is 32.5 Å². The minimum absolute atomic E-state index is 0.148. The van der Waals surface area contributed by atoms with E-state index in [1.54, 1.807) is 7.11 Å². The van der Waals surface area contributed by atoms with E-state index in [1.165, 1.54) is 25.7 Å². The molecule has 0 bridgehead atoms. The number of nitrogens with zero attached hydrogens (tertiary/aromatic N) is 1. The summed E-state index contributed by atoms with van der Waals surface area (Å²) in [5.74, 6) is 0. The lowest BCUT2D eigenvalue weighted by molar-refractivity contribution is 0.176. The topological polar surface area (TPSA) is 38.5 Å². The average Bonchev–Trinajstić information content (AvgIpc) is 2.64. The van der Waals surface area contributed by atoms with Gasteiger partial charge in [-0.3, -0.25) is 0 Å². The molecule has 0 saturated heterocycles. The molecule has 0 aromatic carbocycles. The van der Waals surface area contributed by atoms with Crippen LogP contribution in [0.3, 0.4) is 0 Å². The van der Waals surface area contributed by atoms with Crippen molar-refractivity contribution in [3.63, 3.8) is 0 Å². The van der Waals surface area contributed by atoms with Crippen LogP contribution in [0.1, 0.15) is 38.5 Å². The molecule has 0 aromatic heterocycles. The summed E-state index contributed by atoms with van der Waals surface area (Å²) in [5, 5.41) is 0. The van der Waals surface area contributed by atoms with E-state index in [9.17, 15) is 0 Å². The molecule has 0 amide bonds. The minimum atomic E-state index is 0.148. The molecule has 0 radical (unpaired) electrons. The highest BCUT2D eigenvalue weighted by atomic mass is 16.5. The number of nitrogens with two attached hydrogens (primary N) is 1. The fraction of sp³-hybridized carbons (Fsp3) is 1.00. The largest absolute Gasteiger partial charge is 0.385 e. The van der Waals surface area contributed by atoms with Gasteiger partial charge < -0.3 is 15.4 Å². The summed E-state index contributed by atoms with van der Waals surface area (Å²) in [6, 6.07) is 0. The van der Waals surface area contributed by atoms with E-state index in [0.29, 0.717) is 0 Å². The van der Waals surface area contributed by atoms with Crippen molar-refractivity contribution in [3.05, 3.63) is 0 Å². The summed E-state index contributed by atoms with van der Waals surface area (Å²) >= 11 is 0. The van der Waals surface area contributed by atoms with Gasteiger partial charge in [0.2, 0.25) is 0 Å². The number of hydrogen-bond donors (Lipinski definition) is 1. The lowest BCUT2D eigenvalue weighted by Crippen LogP contribution is -2.40. The first-order valence-corrected chi connectivity index (χ1v) is 6.13. The Hall–Kier alpha value is -0.120. The summed E-state index contributed by atoms with van der Waals surface area (Å²) < 4.78 is 5.04. The van der Waals surface area contributed by atoms with Gasteiger partial charge in [0.05, 0.1) is 0 Å². The monoisotopic (exact) mass is 214 g/mol. The Morgan fingerprint density at radius 3 is 2.53 bits per heavy atom. The Kier molecular flexibility index (Phi) is 5.58. The van der Waals surface area contributed by atoms with Crippen molar-refractivity contribution in [2.75, 3.05) is 33.9 Å². The third-order valence-corrected chi connectivity index (χ3v) is 3.48. The summed E-state index contributed by atoms with van der Waals surface area (Å²) in [6.45, 7) is 3.10. The predicted molar refractivity (Wildman–Crippen MR) is 64.0 cm³/mol. The van der Waals surface area contributed by atoms with Crippen LogP contribution in [0.25, 0.3) is 0 Å². The molecule has 1 saturated carbocycles. The smallest absolute Gasteiger partial charge is 0.0474 e. The molecule has 0 aliphatic heterocycles. The molecule has 0 spiro atoms. The van der Waals surface area contributed by atoms with Crippen molar-refractivity contribution in [2.24, 2.45) is 5.73 Å². The maximum atomic E-state index is 6.31. The molecule has 0 aromatic rings. The molecule has 3 heteroatoms. The fourth-order valence-electron chi connectivity index (χ4n) is 2.33. The first kappa shape index (κ1) is 12.9. The minimum Gasteiger partial charge on any atom is -0.385 e. The van der Waals surface area contributed by atoms with Gasteiger partial charge in [-0.15, -0.1) is 0 Å². The van der Waals surface area contributed by atoms with Crippen molar-refractivity contribution in [1.82, 2.24) is 4.90 Å². The molecule has 3 nitrogen and oxygen atoms in total. The SMILES string of the molecule is COCCCN(C)CCC1(N)CCCC1. The van der Waals surface area contributed by atoms with Crippen LogP contribution in [0.5, 0.6) is 0 Å². The molecule has 1 rings (SSSR count). The second-order valence-electron chi connectivity index (χ2n) is 4.97. The van der Waals surface area contributed by atoms with Crippen LogP contribution >= 0.6 is 0 Å². The molecule has 1 aliphatic rings. The normalized spacial score (nSPS) is 20.0. The molecule has 1 fully saturated rings. The van der Waals surface area contributed by atoms with Gasteiger partial charge in [-0.25, -0.2) is 0 Å². The fourth-order valence-corrected chi connectivity index (χ4v) is 2.33. The van der Waals surface area contributed by atoms with Gasteiger partial charge in [-0.1, -0.05) is 12.8 Å². The Morgan fingerprint density at radius 2 is 1.93 bits per heavy atom. The third-order valence-electron chi connectivity index (χ3n) is 3.48. The number of rotatable bonds is 7. The van der Waals surface area contributed by atoms with E-state index >= 15 is 0 Å². The Balaban J connectivity index is 2.07. The highest BCUT2D eigenvalue weighted by molar-refractivity contribution is 4.89. The highest BCUT2D eigenvalue weighted by Gasteiger charge is 2.28. The Labute approximate surface area is 94.0 Å². The maximum Gasteiger partial charge on any atom is 0.0474 e. The van der Waals surface area contributed by atoms with Gasteiger partial charge in [0.15, 0.2) is 0 Å². The van der Waals surface area contributed by atoms with E-state index in [1.807, 2.05) is 0 Å². The maximum absolute atomic E-state index is 6.31. The predicted octanol–water partition coefficient (Wildman–Crippen LogP) is 1.62. The summed E-state index contributed by atoms with van der Waals surface area (Å²) in [5.41, 5.74) is 6.46. The van der Waals surface area contributed by atoms with Crippen molar-refractivity contribution in [3.8, 4) is 0 Å². The average molecular weight is 214 g/mol. The van der Waals surface area contributed by atoms with E-state index in [2.05, 4.69) is 11.9 Å². The van der Waals surface area contributed by atoms with Crippen LogP contribution < -0.4 is 5.73 Å². The Morgan fingerprint density at radius 1 is 1.27 bits per heavy atom. The van der Waals surface area contributed by atoms with Gasteiger partial charge >= 0.3 is 0 Å². The van der Waals surface area contributed by atoms with Gasteiger partial charge in [0.1, 0.15) is 0 Å². The first-order chi connectivity index (χ1) is 7.16. The second kappa shape index (κ2) is 6.46. The van der Waals surface area contributed by atoms with E-state index in [4.69, 9.17) is 10.5 Å². The lowest BCUT2D eigenvalue weighted by atomic mass is 9.94. The molecule has 90 valence electrons. The van der Waals surface area contributed by atoms with Crippen LogP contribution in [-0.4, -0.2) is 44.3 Å². The van der Waals surface area contributed by atoms with Crippen molar-refractivity contribution < 1.29 is 4.74 Å². The molecular weight excluding hydrogens is 188 g/mol. The molecule has 0 atom stereocenters. The zero-order chi connectivity index (χ0) is 11.1. The molecular formula is C12H26N2O. The zero-order valence-corrected chi connectivity index (χ0v) is 10.3. The third kappa shape index (κ3) is 4.96. The van der Waals surface area contributed by atoms with Crippen LogP contribution in [0, 0.1) is 0 Å². The van der Waals surface area contributed by atoms with Crippen LogP contribution in [0.2, 0.25) is 0 Å². The van der Waals surface area contributed by atoms with Crippen molar-refractivity contribution >= 4 is 0 Å². The van der Waals surface area contributed by atoms with Crippen molar-refractivity contribution in [2.45, 2.75) is 44.1 Å². The van der Waals surface area contributed by atoms with Crippen LogP contribution in [0.15, 0.2) is 0 Å². The van der Waals surface area contributed by atoms with Gasteiger partial charge in [-0.05, 0) is 39.3 Å². The van der Waals surface area contributed by atoms with E-state index < -0.39 is 0 Å². The summed E-state index contributed by atoms with van der Waals surface area (Å²) in [4.78, 5) is 2.37.